The van der Waals surface area contributed by atoms with Gasteiger partial charge in [-0.2, -0.15) is 0 Å². The number of hydrogen-bond acceptors (Lipinski definition) is 1. The number of benzene rings is 2. The molecule has 0 aliphatic heterocycles. The molecule has 0 spiro atoms. The van der Waals surface area contributed by atoms with Crippen LogP contribution in [0.25, 0.3) is 6.08 Å². The van der Waals surface area contributed by atoms with E-state index in [0.29, 0.717) is 0 Å². The molecule has 2 aromatic rings. The van der Waals surface area contributed by atoms with Crippen LogP contribution in [0, 0.1) is 0 Å². The quantitative estimate of drug-likeness (QED) is 0.513. The van der Waals surface area contributed by atoms with Crippen molar-refractivity contribution in [1.82, 2.24) is 4.90 Å². The van der Waals surface area contributed by atoms with E-state index in [1.54, 1.807) is 0 Å². The zero-order valence-electron chi connectivity index (χ0n) is 12.3. The summed E-state index contributed by atoms with van der Waals surface area (Å²) in [5.74, 6) is 0. The summed E-state index contributed by atoms with van der Waals surface area (Å²) in [4.78, 5) is 2.21. The van der Waals surface area contributed by atoms with Gasteiger partial charge < -0.3 is 4.90 Å². The Morgan fingerprint density at radius 1 is 0.952 bits per heavy atom. The fourth-order valence-electron chi connectivity index (χ4n) is 2.10. The SMILES string of the molecule is C=CCN(Cc1ccccc1)C(=C)/C=C/c1ccccc1. The Hall–Kier alpha value is -2.54. The van der Waals surface area contributed by atoms with Crippen LogP contribution >= 0.6 is 0 Å². The average Bonchev–Trinajstić information content (AvgIpc) is 2.54. The first kappa shape index (κ1) is 14.9. The van der Waals surface area contributed by atoms with Crippen LogP contribution in [0.3, 0.4) is 0 Å². The maximum atomic E-state index is 4.18. The lowest BCUT2D eigenvalue weighted by atomic mass is 10.2. The van der Waals surface area contributed by atoms with Crippen molar-refractivity contribution in [2.45, 2.75) is 6.54 Å². The first-order valence-corrected chi connectivity index (χ1v) is 7.11. The van der Waals surface area contributed by atoms with Gasteiger partial charge in [0.25, 0.3) is 0 Å². The summed E-state index contributed by atoms with van der Waals surface area (Å²) in [6.45, 7) is 9.63. The Labute approximate surface area is 127 Å². The maximum Gasteiger partial charge on any atom is 0.0432 e. The van der Waals surface area contributed by atoms with Crippen LogP contribution in [-0.2, 0) is 6.54 Å². The highest BCUT2D eigenvalue weighted by molar-refractivity contribution is 5.52. The van der Waals surface area contributed by atoms with Gasteiger partial charge in [0.1, 0.15) is 0 Å². The first-order chi connectivity index (χ1) is 10.3. The summed E-state index contributed by atoms with van der Waals surface area (Å²) in [5, 5.41) is 0. The van der Waals surface area contributed by atoms with E-state index in [0.717, 1.165) is 18.8 Å². The van der Waals surface area contributed by atoms with Crippen LogP contribution in [0.5, 0.6) is 0 Å². The Morgan fingerprint density at radius 3 is 2.19 bits per heavy atom. The Morgan fingerprint density at radius 2 is 1.57 bits per heavy atom. The Balaban J connectivity index is 2.05. The molecular formula is C20H21N. The average molecular weight is 275 g/mol. The van der Waals surface area contributed by atoms with Crippen LogP contribution in [0.2, 0.25) is 0 Å². The Kier molecular flexibility index (Phi) is 5.60. The molecule has 0 bridgehead atoms. The predicted octanol–water partition coefficient (Wildman–Crippen LogP) is 4.90. The molecular weight excluding hydrogens is 254 g/mol. The summed E-state index contributed by atoms with van der Waals surface area (Å²) in [7, 11) is 0. The van der Waals surface area contributed by atoms with Crippen molar-refractivity contribution in [3.8, 4) is 0 Å². The minimum Gasteiger partial charge on any atom is -0.364 e. The minimum atomic E-state index is 0.785. The van der Waals surface area contributed by atoms with E-state index in [4.69, 9.17) is 0 Å². The smallest absolute Gasteiger partial charge is 0.0432 e. The second-order valence-corrected chi connectivity index (χ2v) is 4.89. The molecule has 106 valence electrons. The minimum absolute atomic E-state index is 0.785. The molecule has 2 rings (SSSR count). The fourth-order valence-corrected chi connectivity index (χ4v) is 2.10. The van der Waals surface area contributed by atoms with Gasteiger partial charge in [0.2, 0.25) is 0 Å². The second-order valence-electron chi connectivity index (χ2n) is 4.89. The van der Waals surface area contributed by atoms with Crippen LogP contribution in [0.15, 0.2) is 91.7 Å². The number of rotatable bonds is 7. The van der Waals surface area contributed by atoms with Crippen LogP contribution in [0.1, 0.15) is 11.1 Å². The van der Waals surface area contributed by atoms with Crippen LogP contribution < -0.4 is 0 Å². The van der Waals surface area contributed by atoms with E-state index in [-0.39, 0.29) is 0 Å². The number of allylic oxidation sites excluding steroid dienone is 1. The van der Waals surface area contributed by atoms with E-state index >= 15 is 0 Å². The van der Waals surface area contributed by atoms with Gasteiger partial charge in [-0.1, -0.05) is 79.4 Å². The molecule has 2 aromatic carbocycles. The third kappa shape index (κ3) is 4.81. The summed E-state index contributed by atoms with van der Waals surface area (Å²) >= 11 is 0. The van der Waals surface area contributed by atoms with Crippen molar-refractivity contribution < 1.29 is 0 Å². The molecule has 0 saturated carbocycles. The highest BCUT2D eigenvalue weighted by atomic mass is 15.1. The van der Waals surface area contributed by atoms with Crippen LogP contribution in [0.4, 0.5) is 0 Å². The molecule has 0 atom stereocenters. The molecule has 1 heteroatoms. The van der Waals surface area contributed by atoms with Crippen LogP contribution in [-0.4, -0.2) is 11.4 Å². The number of hydrogen-bond donors (Lipinski definition) is 0. The van der Waals surface area contributed by atoms with Gasteiger partial charge in [0, 0.05) is 18.8 Å². The molecule has 0 fully saturated rings. The van der Waals surface area contributed by atoms with Crippen molar-refractivity contribution in [1.29, 1.82) is 0 Å². The number of nitrogens with zero attached hydrogens (tertiary/aromatic N) is 1. The lowest BCUT2D eigenvalue weighted by Gasteiger charge is -2.23. The topological polar surface area (TPSA) is 3.24 Å². The maximum absolute atomic E-state index is 4.18. The molecule has 0 N–H and O–H groups in total. The molecule has 0 saturated heterocycles. The lowest BCUT2D eigenvalue weighted by molar-refractivity contribution is 0.387. The Bertz CT molecular complexity index is 596. The largest absolute Gasteiger partial charge is 0.364 e. The summed E-state index contributed by atoms with van der Waals surface area (Å²) < 4.78 is 0. The summed E-state index contributed by atoms with van der Waals surface area (Å²) in [6, 6.07) is 20.7. The van der Waals surface area contributed by atoms with E-state index < -0.39 is 0 Å². The van der Waals surface area contributed by atoms with Gasteiger partial charge in [-0.25, -0.2) is 0 Å². The molecule has 0 unspecified atom stereocenters. The van der Waals surface area contributed by atoms with Gasteiger partial charge >= 0.3 is 0 Å². The predicted molar refractivity (Wildman–Crippen MR) is 91.7 cm³/mol. The third-order valence-electron chi connectivity index (χ3n) is 3.24. The molecule has 0 aromatic heterocycles. The molecule has 0 heterocycles. The first-order valence-electron chi connectivity index (χ1n) is 7.11. The van der Waals surface area contributed by atoms with Crippen molar-refractivity contribution in [3.63, 3.8) is 0 Å². The van der Waals surface area contributed by atoms with E-state index in [1.807, 2.05) is 30.3 Å². The molecule has 1 nitrogen and oxygen atoms in total. The van der Waals surface area contributed by atoms with E-state index in [2.05, 4.69) is 66.6 Å². The van der Waals surface area contributed by atoms with Gasteiger partial charge in [0.15, 0.2) is 0 Å². The van der Waals surface area contributed by atoms with Gasteiger partial charge in [-0.15, -0.1) is 6.58 Å². The second kappa shape index (κ2) is 7.91. The molecule has 0 amide bonds. The van der Waals surface area contributed by atoms with Crippen molar-refractivity contribution >= 4 is 6.08 Å². The normalized spacial score (nSPS) is 10.5. The summed E-state index contributed by atoms with van der Waals surface area (Å²) in [6.07, 6.45) is 6.05. The third-order valence-corrected chi connectivity index (χ3v) is 3.24. The van der Waals surface area contributed by atoms with Gasteiger partial charge in [-0.05, 0) is 17.2 Å². The summed E-state index contributed by atoms with van der Waals surface area (Å²) in [5.41, 5.74) is 3.44. The lowest BCUT2D eigenvalue weighted by Crippen LogP contribution is -2.21. The standard InChI is InChI=1S/C20H21N/c1-3-16-21(17-20-12-8-5-9-13-20)18(2)14-15-19-10-6-4-7-11-19/h3-15H,1-2,16-17H2/b15-14+. The zero-order valence-corrected chi connectivity index (χ0v) is 12.3. The molecule has 0 radical (unpaired) electrons. The molecule has 0 aliphatic carbocycles. The van der Waals surface area contributed by atoms with E-state index in [9.17, 15) is 0 Å². The monoisotopic (exact) mass is 275 g/mol. The van der Waals surface area contributed by atoms with Gasteiger partial charge in [-0.3, -0.25) is 0 Å². The fraction of sp³-hybridized carbons (Fsp3) is 0.100. The van der Waals surface area contributed by atoms with Gasteiger partial charge in [0.05, 0.1) is 0 Å². The molecule has 0 aliphatic rings. The van der Waals surface area contributed by atoms with E-state index in [1.165, 1.54) is 11.1 Å². The van der Waals surface area contributed by atoms with Crippen molar-refractivity contribution in [2.24, 2.45) is 0 Å². The van der Waals surface area contributed by atoms with Crippen molar-refractivity contribution in [2.75, 3.05) is 6.54 Å². The zero-order chi connectivity index (χ0) is 14.9. The highest BCUT2D eigenvalue weighted by Crippen LogP contribution is 2.12. The van der Waals surface area contributed by atoms with Crippen molar-refractivity contribution in [3.05, 3.63) is 103 Å². The highest BCUT2D eigenvalue weighted by Gasteiger charge is 2.04. The molecule has 21 heavy (non-hydrogen) atoms.